The molecule has 3 rings (SSSR count). The van der Waals surface area contributed by atoms with Crippen LogP contribution in [0, 0.1) is 6.92 Å². The van der Waals surface area contributed by atoms with Crippen molar-refractivity contribution in [2.24, 2.45) is 0 Å². The van der Waals surface area contributed by atoms with Crippen LogP contribution >= 0.6 is 11.3 Å². The number of hydrogen-bond donors (Lipinski definition) is 2. The number of hydrazine groups is 1. The largest absolute Gasteiger partial charge is 0.273 e. The van der Waals surface area contributed by atoms with Crippen LogP contribution in [0.2, 0.25) is 0 Å². The molecule has 1 amide bonds. The molecule has 0 saturated carbocycles. The van der Waals surface area contributed by atoms with Gasteiger partial charge in [0.15, 0.2) is 9.84 Å². The molecule has 0 unspecified atom stereocenters. The number of aryl methyl sites for hydroxylation is 1. The molecular formula is C16H15N3O3S2. The van der Waals surface area contributed by atoms with Gasteiger partial charge in [-0.3, -0.25) is 15.6 Å². The zero-order valence-corrected chi connectivity index (χ0v) is 14.7. The highest BCUT2D eigenvalue weighted by Gasteiger charge is 2.11. The van der Waals surface area contributed by atoms with Gasteiger partial charge >= 0.3 is 0 Å². The quantitative estimate of drug-likeness (QED) is 0.698. The van der Waals surface area contributed by atoms with Crippen molar-refractivity contribution in [3.05, 3.63) is 53.6 Å². The monoisotopic (exact) mass is 361 g/mol. The topological polar surface area (TPSA) is 88.2 Å². The number of anilines is 1. The van der Waals surface area contributed by atoms with Crippen LogP contribution in [-0.2, 0) is 9.84 Å². The van der Waals surface area contributed by atoms with E-state index in [4.69, 9.17) is 0 Å². The second-order valence-corrected chi connectivity index (χ2v) is 8.36. The molecule has 8 heteroatoms. The smallest absolute Gasteiger partial charge is 0.269 e. The van der Waals surface area contributed by atoms with Gasteiger partial charge in [0.1, 0.15) is 0 Å². The Labute approximate surface area is 143 Å². The molecule has 0 atom stereocenters. The summed E-state index contributed by atoms with van der Waals surface area (Å²) in [5.41, 5.74) is 7.68. The normalized spacial score (nSPS) is 11.4. The Kier molecular flexibility index (Phi) is 4.25. The molecule has 2 aromatic carbocycles. The first-order valence-corrected chi connectivity index (χ1v) is 9.78. The van der Waals surface area contributed by atoms with Crippen LogP contribution in [0.5, 0.6) is 0 Å². The standard InChI is InChI=1S/C16H15N3O3S2/c1-10-4-3-5-13-14(10)17-16(23-13)19-18-15(20)11-6-8-12(9-7-11)24(2,21)22/h3-9H,1-2H3,(H,17,19)(H,18,20). The Morgan fingerprint density at radius 2 is 1.83 bits per heavy atom. The highest BCUT2D eigenvalue weighted by atomic mass is 32.2. The lowest BCUT2D eigenvalue weighted by molar-refractivity contribution is 0.0962. The highest BCUT2D eigenvalue weighted by molar-refractivity contribution is 7.90. The molecule has 0 aliphatic rings. The zero-order chi connectivity index (χ0) is 17.3. The van der Waals surface area contributed by atoms with Gasteiger partial charge in [-0.15, -0.1) is 0 Å². The minimum atomic E-state index is -3.28. The van der Waals surface area contributed by atoms with Crippen molar-refractivity contribution < 1.29 is 13.2 Å². The molecule has 0 aliphatic heterocycles. The first-order valence-electron chi connectivity index (χ1n) is 7.07. The zero-order valence-electron chi connectivity index (χ0n) is 13.0. The number of amides is 1. The molecule has 124 valence electrons. The van der Waals surface area contributed by atoms with Gasteiger partial charge in [-0.1, -0.05) is 23.5 Å². The van der Waals surface area contributed by atoms with Crippen LogP contribution in [0.25, 0.3) is 10.2 Å². The van der Waals surface area contributed by atoms with Crippen molar-refractivity contribution in [2.75, 3.05) is 11.7 Å². The number of hydrogen-bond acceptors (Lipinski definition) is 6. The molecule has 24 heavy (non-hydrogen) atoms. The van der Waals surface area contributed by atoms with E-state index in [9.17, 15) is 13.2 Å². The van der Waals surface area contributed by atoms with Gasteiger partial charge in [-0.2, -0.15) is 0 Å². The number of fused-ring (bicyclic) bond motifs is 1. The molecule has 0 saturated heterocycles. The van der Waals surface area contributed by atoms with E-state index >= 15 is 0 Å². The van der Waals surface area contributed by atoms with Crippen molar-refractivity contribution in [3.63, 3.8) is 0 Å². The Morgan fingerprint density at radius 3 is 2.46 bits per heavy atom. The number of thiazole rings is 1. The van der Waals surface area contributed by atoms with Crippen molar-refractivity contribution in [2.45, 2.75) is 11.8 Å². The van der Waals surface area contributed by atoms with E-state index < -0.39 is 9.84 Å². The van der Waals surface area contributed by atoms with Crippen LogP contribution < -0.4 is 10.9 Å². The van der Waals surface area contributed by atoms with Crippen LogP contribution in [0.1, 0.15) is 15.9 Å². The third-order valence-electron chi connectivity index (χ3n) is 3.45. The third-order valence-corrected chi connectivity index (χ3v) is 5.51. The number of para-hydroxylation sites is 1. The van der Waals surface area contributed by atoms with Crippen LogP contribution in [0.15, 0.2) is 47.4 Å². The van der Waals surface area contributed by atoms with Gasteiger partial charge in [0.2, 0.25) is 5.13 Å². The lowest BCUT2D eigenvalue weighted by atomic mass is 10.2. The number of nitrogens with one attached hydrogen (secondary N) is 2. The van der Waals surface area contributed by atoms with E-state index in [1.54, 1.807) is 0 Å². The lowest BCUT2D eigenvalue weighted by Crippen LogP contribution is -2.29. The first kappa shape index (κ1) is 16.4. The van der Waals surface area contributed by atoms with Gasteiger partial charge in [0, 0.05) is 11.8 Å². The summed E-state index contributed by atoms with van der Waals surface area (Å²) in [6.45, 7) is 1.98. The van der Waals surface area contributed by atoms with Crippen LogP contribution in [0.3, 0.4) is 0 Å². The van der Waals surface area contributed by atoms with E-state index in [-0.39, 0.29) is 10.8 Å². The number of rotatable bonds is 4. The van der Waals surface area contributed by atoms with Gasteiger partial charge in [0.05, 0.1) is 15.1 Å². The van der Waals surface area contributed by atoms with E-state index in [0.29, 0.717) is 10.7 Å². The maximum atomic E-state index is 12.1. The molecule has 1 aromatic heterocycles. The summed E-state index contributed by atoms with van der Waals surface area (Å²) in [7, 11) is -3.28. The summed E-state index contributed by atoms with van der Waals surface area (Å²) >= 11 is 1.44. The van der Waals surface area contributed by atoms with E-state index in [1.165, 1.54) is 35.6 Å². The predicted molar refractivity (Wildman–Crippen MR) is 95.0 cm³/mol. The maximum Gasteiger partial charge on any atom is 0.269 e. The van der Waals surface area contributed by atoms with Crippen molar-refractivity contribution in [3.8, 4) is 0 Å². The van der Waals surface area contributed by atoms with Crippen molar-refractivity contribution in [1.82, 2.24) is 10.4 Å². The number of nitrogens with zero attached hydrogens (tertiary/aromatic N) is 1. The molecule has 0 spiro atoms. The number of carbonyl (C=O) groups is 1. The summed E-state index contributed by atoms with van der Waals surface area (Å²) < 4.78 is 23.9. The summed E-state index contributed by atoms with van der Waals surface area (Å²) in [5.74, 6) is -0.369. The SMILES string of the molecule is Cc1cccc2sc(NNC(=O)c3ccc(S(C)(=O)=O)cc3)nc12. The van der Waals surface area contributed by atoms with Gasteiger partial charge in [-0.25, -0.2) is 13.4 Å². The van der Waals surface area contributed by atoms with E-state index in [2.05, 4.69) is 15.8 Å². The predicted octanol–water partition coefficient (Wildman–Crippen LogP) is 2.77. The minimum absolute atomic E-state index is 0.175. The molecule has 0 fully saturated rings. The first-order chi connectivity index (χ1) is 11.3. The van der Waals surface area contributed by atoms with Gasteiger partial charge in [-0.05, 0) is 42.8 Å². The Bertz CT molecular complexity index is 1010. The average Bonchev–Trinajstić information content (AvgIpc) is 2.96. The average molecular weight is 361 g/mol. The van der Waals surface area contributed by atoms with E-state index in [0.717, 1.165) is 22.0 Å². The van der Waals surface area contributed by atoms with Crippen LogP contribution in [0.4, 0.5) is 5.13 Å². The number of aromatic nitrogens is 1. The summed E-state index contributed by atoms with van der Waals surface area (Å²) in [6.07, 6.45) is 1.12. The molecule has 0 aliphatic carbocycles. The highest BCUT2D eigenvalue weighted by Crippen LogP contribution is 2.27. The third kappa shape index (κ3) is 3.39. The van der Waals surface area contributed by atoms with Crippen LogP contribution in [-0.4, -0.2) is 25.6 Å². The summed E-state index contributed by atoms with van der Waals surface area (Å²) in [4.78, 5) is 16.7. The Morgan fingerprint density at radius 1 is 1.12 bits per heavy atom. The summed E-state index contributed by atoms with van der Waals surface area (Å²) in [6, 6.07) is 11.7. The number of carbonyl (C=O) groups excluding carboxylic acids is 1. The molecule has 6 nitrogen and oxygen atoms in total. The van der Waals surface area contributed by atoms with Gasteiger partial charge < -0.3 is 0 Å². The number of benzene rings is 2. The fraction of sp³-hybridized carbons (Fsp3) is 0.125. The molecule has 2 N–H and O–H groups in total. The molecule has 1 heterocycles. The second kappa shape index (κ2) is 6.21. The Hall–Kier alpha value is -2.45. The molecule has 3 aromatic rings. The summed E-state index contributed by atoms with van der Waals surface area (Å²) in [5, 5.41) is 0.584. The molecular weight excluding hydrogens is 346 g/mol. The molecule has 0 bridgehead atoms. The lowest BCUT2D eigenvalue weighted by Gasteiger charge is -2.06. The maximum absolute atomic E-state index is 12.1. The fourth-order valence-electron chi connectivity index (χ4n) is 2.18. The van der Waals surface area contributed by atoms with E-state index in [1.807, 2.05) is 25.1 Å². The van der Waals surface area contributed by atoms with Crippen molar-refractivity contribution in [1.29, 1.82) is 0 Å². The second-order valence-electron chi connectivity index (χ2n) is 5.32. The Balaban J connectivity index is 1.71. The minimum Gasteiger partial charge on any atom is -0.273 e. The van der Waals surface area contributed by atoms with Crippen molar-refractivity contribution >= 4 is 42.4 Å². The molecule has 0 radical (unpaired) electrons. The fourth-order valence-corrected chi connectivity index (χ4v) is 3.70. The van der Waals surface area contributed by atoms with Gasteiger partial charge in [0.25, 0.3) is 5.91 Å². The number of sulfone groups is 1.